The molecule has 8 heteroatoms. The number of nitrogens with one attached hydrogen (secondary N) is 1. The Morgan fingerprint density at radius 1 is 1.50 bits per heavy atom. The fourth-order valence-corrected chi connectivity index (χ4v) is 1.90. The van der Waals surface area contributed by atoms with Gasteiger partial charge in [-0.1, -0.05) is 15.9 Å². The highest BCUT2D eigenvalue weighted by Gasteiger charge is 2.33. The Morgan fingerprint density at radius 2 is 2.15 bits per heavy atom. The Balaban J connectivity index is 2.81. The molecule has 0 aromatic heterocycles. The van der Waals surface area contributed by atoms with Crippen LogP contribution in [0.4, 0.5) is 18.9 Å². The molecule has 0 saturated carbocycles. The summed E-state index contributed by atoms with van der Waals surface area (Å²) in [4.78, 5) is 11.7. The first kappa shape index (κ1) is 16.9. The van der Waals surface area contributed by atoms with Crippen molar-refractivity contribution in [3.8, 4) is 0 Å². The van der Waals surface area contributed by atoms with E-state index < -0.39 is 23.7 Å². The zero-order valence-corrected chi connectivity index (χ0v) is 12.2. The lowest BCUT2D eigenvalue weighted by molar-refractivity contribution is -0.138. The van der Waals surface area contributed by atoms with Gasteiger partial charge < -0.3 is 15.8 Å². The zero-order valence-electron chi connectivity index (χ0n) is 10.6. The molecule has 0 spiro atoms. The standard InChI is InChI=1S/C12H14BrF3N2O2/c1-20-5-4-10(17)11(19)18-7-2-3-9(13)8(6-7)12(14,15)16/h2-3,6,10H,4-5,17H2,1H3,(H,18,19). The Labute approximate surface area is 122 Å². The van der Waals surface area contributed by atoms with Gasteiger partial charge in [-0.25, -0.2) is 0 Å². The average molecular weight is 355 g/mol. The molecule has 1 amide bonds. The SMILES string of the molecule is COCCC(N)C(=O)Nc1ccc(Br)c(C(F)(F)F)c1. The summed E-state index contributed by atoms with van der Waals surface area (Å²) >= 11 is 2.82. The molecule has 0 aliphatic heterocycles. The molecular formula is C12H14BrF3N2O2. The van der Waals surface area contributed by atoms with Gasteiger partial charge >= 0.3 is 6.18 Å². The Hall–Kier alpha value is -1.12. The highest BCUT2D eigenvalue weighted by atomic mass is 79.9. The van der Waals surface area contributed by atoms with E-state index in [0.717, 1.165) is 6.07 Å². The molecule has 0 saturated heterocycles. The van der Waals surface area contributed by atoms with Crippen LogP contribution in [-0.4, -0.2) is 25.7 Å². The minimum absolute atomic E-state index is 0.0402. The van der Waals surface area contributed by atoms with E-state index in [2.05, 4.69) is 21.2 Å². The quantitative estimate of drug-likeness (QED) is 0.854. The van der Waals surface area contributed by atoms with E-state index in [4.69, 9.17) is 10.5 Å². The number of hydrogen-bond donors (Lipinski definition) is 2. The van der Waals surface area contributed by atoms with Crippen molar-refractivity contribution >= 4 is 27.5 Å². The van der Waals surface area contributed by atoms with Crippen LogP contribution in [0.2, 0.25) is 0 Å². The number of rotatable bonds is 5. The molecule has 0 bridgehead atoms. The number of nitrogens with two attached hydrogens (primary N) is 1. The van der Waals surface area contributed by atoms with Crippen LogP contribution in [0.5, 0.6) is 0 Å². The van der Waals surface area contributed by atoms with E-state index in [0.29, 0.717) is 6.61 Å². The topological polar surface area (TPSA) is 64.3 Å². The van der Waals surface area contributed by atoms with E-state index in [1.165, 1.54) is 19.2 Å². The molecule has 0 aliphatic carbocycles. The highest BCUT2D eigenvalue weighted by Crippen LogP contribution is 2.36. The number of ether oxygens (including phenoxy) is 1. The lowest BCUT2D eigenvalue weighted by Gasteiger charge is -2.14. The lowest BCUT2D eigenvalue weighted by Crippen LogP contribution is -2.36. The fourth-order valence-electron chi connectivity index (χ4n) is 1.43. The van der Waals surface area contributed by atoms with Gasteiger partial charge in [0.05, 0.1) is 11.6 Å². The number of halogens is 4. The number of carbonyl (C=O) groups excluding carboxylic acids is 1. The smallest absolute Gasteiger partial charge is 0.385 e. The second kappa shape index (κ2) is 7.05. The summed E-state index contributed by atoms with van der Waals surface area (Å²) in [5.41, 5.74) is 4.76. The van der Waals surface area contributed by atoms with Crippen LogP contribution < -0.4 is 11.1 Å². The van der Waals surface area contributed by atoms with Crippen LogP contribution in [-0.2, 0) is 15.7 Å². The number of alkyl halides is 3. The van der Waals surface area contributed by atoms with Crippen molar-refractivity contribution in [2.24, 2.45) is 5.73 Å². The van der Waals surface area contributed by atoms with E-state index in [1.54, 1.807) is 0 Å². The first-order valence-electron chi connectivity index (χ1n) is 5.68. The van der Waals surface area contributed by atoms with Gasteiger partial charge in [0.1, 0.15) is 0 Å². The number of hydrogen-bond acceptors (Lipinski definition) is 3. The van der Waals surface area contributed by atoms with Crippen molar-refractivity contribution in [2.45, 2.75) is 18.6 Å². The molecule has 3 N–H and O–H groups in total. The first-order chi connectivity index (χ1) is 9.25. The summed E-state index contributed by atoms with van der Waals surface area (Å²) in [5.74, 6) is -0.558. The molecule has 0 heterocycles. The van der Waals surface area contributed by atoms with Gasteiger partial charge in [0.25, 0.3) is 0 Å². The summed E-state index contributed by atoms with van der Waals surface area (Å²) < 4.78 is 42.8. The van der Waals surface area contributed by atoms with Gasteiger partial charge in [-0.3, -0.25) is 4.79 Å². The van der Waals surface area contributed by atoms with Crippen molar-refractivity contribution < 1.29 is 22.7 Å². The van der Waals surface area contributed by atoms with Gasteiger partial charge in [-0.15, -0.1) is 0 Å². The highest BCUT2D eigenvalue weighted by molar-refractivity contribution is 9.10. The molecule has 1 rings (SSSR count). The average Bonchev–Trinajstić information content (AvgIpc) is 2.36. The van der Waals surface area contributed by atoms with Crippen molar-refractivity contribution in [3.05, 3.63) is 28.2 Å². The van der Waals surface area contributed by atoms with Crippen molar-refractivity contribution in [1.82, 2.24) is 0 Å². The maximum absolute atomic E-state index is 12.7. The monoisotopic (exact) mass is 354 g/mol. The van der Waals surface area contributed by atoms with Crippen LogP contribution in [0.15, 0.2) is 22.7 Å². The van der Waals surface area contributed by atoms with Crippen molar-refractivity contribution in [3.63, 3.8) is 0 Å². The van der Waals surface area contributed by atoms with Crippen LogP contribution >= 0.6 is 15.9 Å². The molecule has 112 valence electrons. The van der Waals surface area contributed by atoms with E-state index in [9.17, 15) is 18.0 Å². The second-order valence-electron chi connectivity index (χ2n) is 4.07. The van der Waals surface area contributed by atoms with Crippen molar-refractivity contribution in [2.75, 3.05) is 19.0 Å². The molecule has 4 nitrogen and oxygen atoms in total. The number of benzene rings is 1. The molecule has 0 fully saturated rings. The summed E-state index contributed by atoms with van der Waals surface area (Å²) in [6, 6.07) is 2.60. The molecule has 1 aromatic rings. The molecule has 0 radical (unpaired) electrons. The van der Waals surface area contributed by atoms with Gasteiger partial charge in [0, 0.05) is 23.9 Å². The van der Waals surface area contributed by atoms with Crippen molar-refractivity contribution in [1.29, 1.82) is 0 Å². The predicted octanol–water partition coefficient (Wildman–Crippen LogP) is 2.77. The van der Waals surface area contributed by atoms with Crippen LogP contribution in [0, 0.1) is 0 Å². The third-order valence-corrected chi connectivity index (χ3v) is 3.20. The summed E-state index contributed by atoms with van der Waals surface area (Å²) in [6.07, 6.45) is -4.22. The van der Waals surface area contributed by atoms with E-state index in [1.807, 2.05) is 0 Å². The molecule has 0 aliphatic rings. The molecular weight excluding hydrogens is 341 g/mol. The number of methoxy groups -OCH3 is 1. The van der Waals surface area contributed by atoms with Gasteiger partial charge in [-0.05, 0) is 24.6 Å². The van der Waals surface area contributed by atoms with Gasteiger partial charge in [0.2, 0.25) is 5.91 Å². The first-order valence-corrected chi connectivity index (χ1v) is 6.47. The Bertz CT molecular complexity index is 480. The van der Waals surface area contributed by atoms with Gasteiger partial charge in [0.15, 0.2) is 0 Å². The maximum atomic E-state index is 12.7. The minimum Gasteiger partial charge on any atom is -0.385 e. The molecule has 20 heavy (non-hydrogen) atoms. The van der Waals surface area contributed by atoms with Crippen LogP contribution in [0.25, 0.3) is 0 Å². The Morgan fingerprint density at radius 3 is 2.70 bits per heavy atom. The molecule has 1 aromatic carbocycles. The molecule has 1 atom stereocenters. The van der Waals surface area contributed by atoms with Crippen LogP contribution in [0.1, 0.15) is 12.0 Å². The minimum atomic E-state index is -4.50. The number of amides is 1. The number of anilines is 1. The van der Waals surface area contributed by atoms with E-state index in [-0.39, 0.29) is 16.6 Å². The third kappa shape index (κ3) is 4.77. The normalized spacial score (nSPS) is 13.1. The van der Waals surface area contributed by atoms with Crippen LogP contribution in [0.3, 0.4) is 0 Å². The Kier molecular flexibility index (Phi) is 5.97. The summed E-state index contributed by atoms with van der Waals surface area (Å²) in [6.45, 7) is 0.294. The van der Waals surface area contributed by atoms with E-state index >= 15 is 0 Å². The zero-order chi connectivity index (χ0) is 15.3. The summed E-state index contributed by atoms with van der Waals surface area (Å²) in [7, 11) is 1.47. The predicted molar refractivity (Wildman–Crippen MR) is 72.2 cm³/mol. The molecule has 1 unspecified atom stereocenters. The number of carbonyl (C=O) groups is 1. The van der Waals surface area contributed by atoms with Gasteiger partial charge in [-0.2, -0.15) is 13.2 Å². The third-order valence-electron chi connectivity index (χ3n) is 2.51. The summed E-state index contributed by atoms with van der Waals surface area (Å²) in [5, 5.41) is 2.35. The second-order valence-corrected chi connectivity index (χ2v) is 4.92. The fraction of sp³-hybridized carbons (Fsp3) is 0.417. The maximum Gasteiger partial charge on any atom is 0.417 e. The largest absolute Gasteiger partial charge is 0.417 e. The lowest BCUT2D eigenvalue weighted by atomic mass is 10.1.